The minimum Gasteiger partial charge on any atom is -0.489 e. The van der Waals surface area contributed by atoms with Gasteiger partial charge in [-0.3, -0.25) is 9.59 Å². The van der Waals surface area contributed by atoms with Crippen LogP contribution in [0.15, 0.2) is 109 Å². The summed E-state index contributed by atoms with van der Waals surface area (Å²) in [6.45, 7) is 6.78. The number of ketones is 1. The smallest absolute Gasteiger partial charge is 0.220 e. The fourth-order valence-corrected chi connectivity index (χ4v) is 4.40. The summed E-state index contributed by atoms with van der Waals surface area (Å²) in [5.41, 5.74) is 9.90. The molecule has 2 atom stereocenters. The van der Waals surface area contributed by atoms with E-state index in [0.717, 1.165) is 41.0 Å². The predicted molar refractivity (Wildman–Crippen MR) is 165 cm³/mol. The summed E-state index contributed by atoms with van der Waals surface area (Å²) < 4.78 is 11.5. The number of amides is 1. The molecule has 0 bridgehead atoms. The van der Waals surface area contributed by atoms with Crippen LogP contribution in [-0.4, -0.2) is 11.7 Å². The van der Waals surface area contributed by atoms with Gasteiger partial charge in [-0.2, -0.15) is 0 Å². The zero-order chi connectivity index (χ0) is 29.5. The Balaban J connectivity index is 0.000000232. The Hall–Kier alpha value is -4.38. The van der Waals surface area contributed by atoms with Crippen LogP contribution in [0.3, 0.4) is 0 Å². The lowest BCUT2D eigenvalue weighted by Crippen LogP contribution is -2.22. The van der Waals surface area contributed by atoms with Crippen molar-refractivity contribution >= 4 is 11.7 Å². The monoisotopic (exact) mass is 551 g/mol. The van der Waals surface area contributed by atoms with Gasteiger partial charge < -0.3 is 15.2 Å². The van der Waals surface area contributed by atoms with E-state index >= 15 is 0 Å². The molecule has 0 saturated carbocycles. The Labute approximate surface area is 244 Å². The van der Waals surface area contributed by atoms with Crippen LogP contribution < -0.4 is 15.2 Å². The van der Waals surface area contributed by atoms with Crippen LogP contribution in [0, 0.1) is 11.8 Å². The quantitative estimate of drug-likeness (QED) is 0.188. The molecule has 0 fully saturated rings. The Morgan fingerprint density at radius 3 is 1.49 bits per heavy atom. The molecule has 41 heavy (non-hydrogen) atoms. The summed E-state index contributed by atoms with van der Waals surface area (Å²) >= 11 is 0. The number of nitrogens with two attached hydrogens (primary N) is 1. The van der Waals surface area contributed by atoms with Gasteiger partial charge in [0.2, 0.25) is 5.91 Å². The van der Waals surface area contributed by atoms with E-state index in [1.165, 1.54) is 5.56 Å². The Bertz CT molecular complexity index is 1320. The lowest BCUT2D eigenvalue weighted by molar-refractivity contribution is -0.121. The van der Waals surface area contributed by atoms with Crippen LogP contribution in [0.25, 0.3) is 0 Å². The number of carbonyl (C=O) groups is 2. The van der Waals surface area contributed by atoms with E-state index in [-0.39, 0.29) is 17.6 Å². The third-order valence-electron chi connectivity index (χ3n) is 6.62. The molecule has 0 saturated heterocycles. The fraction of sp³-hybridized carbons (Fsp3) is 0.278. The highest BCUT2D eigenvalue weighted by Crippen LogP contribution is 2.20. The van der Waals surface area contributed by atoms with E-state index < -0.39 is 0 Å². The number of ether oxygens (including phenoxy) is 2. The molecule has 4 aromatic carbocycles. The summed E-state index contributed by atoms with van der Waals surface area (Å²) in [6.07, 6.45) is 2.25. The van der Waals surface area contributed by atoms with Gasteiger partial charge in [-0.25, -0.2) is 0 Å². The maximum Gasteiger partial charge on any atom is 0.220 e. The van der Waals surface area contributed by atoms with Gasteiger partial charge in [-0.15, -0.1) is 0 Å². The van der Waals surface area contributed by atoms with Gasteiger partial charge in [0.15, 0.2) is 0 Å². The molecule has 4 aromatic rings. The van der Waals surface area contributed by atoms with Crippen LogP contribution >= 0.6 is 0 Å². The molecule has 0 heterocycles. The zero-order valence-electron chi connectivity index (χ0n) is 24.3. The van der Waals surface area contributed by atoms with E-state index in [2.05, 4.69) is 31.2 Å². The zero-order valence-corrected chi connectivity index (χ0v) is 24.3. The van der Waals surface area contributed by atoms with Crippen molar-refractivity contribution in [1.82, 2.24) is 0 Å². The Morgan fingerprint density at radius 2 is 1.07 bits per heavy atom. The minimum atomic E-state index is -0.221. The first-order valence-electron chi connectivity index (χ1n) is 14.1. The molecule has 0 spiro atoms. The molecule has 1 unspecified atom stereocenters. The largest absolute Gasteiger partial charge is 0.489 e. The molecular formula is C36H41NO4. The average Bonchev–Trinajstić information content (AvgIpc) is 2.97. The average molecular weight is 552 g/mol. The van der Waals surface area contributed by atoms with Gasteiger partial charge in [-0.1, -0.05) is 98.8 Å². The number of primary amides is 1. The molecule has 214 valence electrons. The molecule has 1 amide bonds. The topological polar surface area (TPSA) is 78.6 Å². The molecule has 0 radical (unpaired) electrons. The van der Waals surface area contributed by atoms with Gasteiger partial charge in [-0.05, 0) is 72.2 Å². The van der Waals surface area contributed by atoms with E-state index in [1.807, 2.05) is 91.9 Å². The Morgan fingerprint density at radius 1 is 0.634 bits per heavy atom. The summed E-state index contributed by atoms with van der Waals surface area (Å²) in [7, 11) is 0. The normalized spacial score (nSPS) is 11.9. The highest BCUT2D eigenvalue weighted by atomic mass is 16.5. The van der Waals surface area contributed by atoms with E-state index in [0.29, 0.717) is 25.6 Å². The van der Waals surface area contributed by atoms with Crippen molar-refractivity contribution in [3.8, 4) is 11.5 Å². The molecular weight excluding hydrogens is 510 g/mol. The van der Waals surface area contributed by atoms with Crippen molar-refractivity contribution in [2.24, 2.45) is 17.6 Å². The molecule has 4 rings (SSSR count). The SMILES string of the molecule is CC(=O)Cc1ccc(OCc2ccccc2)cc1.CC(Cc1ccc(OCc2ccccc2)cc1)C[C@@H](C)C(N)=O. The van der Waals surface area contributed by atoms with E-state index in [4.69, 9.17) is 15.2 Å². The van der Waals surface area contributed by atoms with Crippen LogP contribution in [0.5, 0.6) is 11.5 Å². The van der Waals surface area contributed by atoms with Gasteiger partial charge in [0.1, 0.15) is 30.5 Å². The van der Waals surface area contributed by atoms with E-state index in [1.54, 1.807) is 6.92 Å². The first kappa shape index (κ1) is 31.2. The number of hydrogen-bond donors (Lipinski definition) is 1. The third-order valence-corrected chi connectivity index (χ3v) is 6.62. The summed E-state index contributed by atoms with van der Waals surface area (Å²) in [6, 6.07) is 36.0. The van der Waals surface area contributed by atoms with Crippen molar-refractivity contribution in [1.29, 1.82) is 0 Å². The first-order valence-corrected chi connectivity index (χ1v) is 14.1. The summed E-state index contributed by atoms with van der Waals surface area (Å²) in [4.78, 5) is 22.1. The van der Waals surface area contributed by atoms with Gasteiger partial charge in [0.05, 0.1) is 0 Å². The van der Waals surface area contributed by atoms with Crippen molar-refractivity contribution in [3.63, 3.8) is 0 Å². The molecule has 0 aliphatic rings. The summed E-state index contributed by atoms with van der Waals surface area (Å²) in [5, 5.41) is 0. The number of hydrogen-bond acceptors (Lipinski definition) is 4. The third kappa shape index (κ3) is 12.1. The second kappa shape index (κ2) is 16.7. The second-order valence-corrected chi connectivity index (χ2v) is 10.6. The predicted octanol–water partition coefficient (Wildman–Crippen LogP) is 7.35. The number of rotatable bonds is 13. The molecule has 0 aliphatic carbocycles. The van der Waals surface area contributed by atoms with Crippen molar-refractivity contribution in [3.05, 3.63) is 131 Å². The maximum absolute atomic E-state index is 11.1. The number of carbonyl (C=O) groups excluding carboxylic acids is 2. The Kier molecular flexibility index (Phi) is 12.7. The van der Waals surface area contributed by atoms with Crippen molar-refractivity contribution in [2.45, 2.75) is 53.2 Å². The van der Waals surface area contributed by atoms with E-state index in [9.17, 15) is 9.59 Å². The highest BCUT2D eigenvalue weighted by molar-refractivity contribution is 5.78. The van der Waals surface area contributed by atoms with Gasteiger partial charge >= 0.3 is 0 Å². The lowest BCUT2D eigenvalue weighted by atomic mass is 9.91. The maximum atomic E-state index is 11.1. The molecule has 0 aromatic heterocycles. The molecule has 2 N–H and O–H groups in total. The molecule has 5 heteroatoms. The van der Waals surface area contributed by atoms with Crippen LogP contribution in [0.4, 0.5) is 0 Å². The van der Waals surface area contributed by atoms with Crippen LogP contribution in [0.2, 0.25) is 0 Å². The lowest BCUT2D eigenvalue weighted by Gasteiger charge is -2.15. The standard InChI is InChI=1S/C20H25NO2.C16H16O2/c1-15(12-16(2)20(21)22)13-17-8-10-19(11-9-17)23-14-18-6-4-3-5-7-18;1-13(17)11-14-7-9-16(10-8-14)18-12-15-5-3-2-4-6-15/h3-11,15-16H,12-14H2,1-2H3,(H2,21,22);2-10H,11-12H2,1H3/t15?,16-;/m1./s1. The van der Waals surface area contributed by atoms with Gasteiger partial charge in [0, 0.05) is 12.3 Å². The molecule has 0 aliphatic heterocycles. The summed E-state index contributed by atoms with van der Waals surface area (Å²) in [5.74, 6) is 2.00. The number of benzene rings is 4. The van der Waals surface area contributed by atoms with Gasteiger partial charge in [0.25, 0.3) is 0 Å². The number of Topliss-reactive ketones (excluding diaryl/α,β-unsaturated/α-hetero) is 1. The first-order chi connectivity index (χ1) is 19.8. The van der Waals surface area contributed by atoms with Crippen LogP contribution in [-0.2, 0) is 35.6 Å². The fourth-order valence-electron chi connectivity index (χ4n) is 4.40. The second-order valence-electron chi connectivity index (χ2n) is 10.6. The highest BCUT2D eigenvalue weighted by Gasteiger charge is 2.14. The van der Waals surface area contributed by atoms with Crippen molar-refractivity contribution < 1.29 is 19.1 Å². The molecule has 5 nitrogen and oxygen atoms in total. The van der Waals surface area contributed by atoms with Crippen LogP contribution in [0.1, 0.15) is 49.4 Å². The van der Waals surface area contributed by atoms with Crippen molar-refractivity contribution in [2.75, 3.05) is 0 Å². The minimum absolute atomic E-state index is 0.0709.